The van der Waals surface area contributed by atoms with Gasteiger partial charge < -0.3 is 4.98 Å². The number of H-pyrrole nitrogens is 1. The number of aryl methyl sites for hydroxylation is 2. The summed E-state index contributed by atoms with van der Waals surface area (Å²) < 4.78 is 15.0. The van der Waals surface area contributed by atoms with Crippen molar-refractivity contribution in [2.45, 2.75) is 39.3 Å². The molecule has 1 fully saturated rings. The molecule has 2 aromatic carbocycles. The van der Waals surface area contributed by atoms with Crippen molar-refractivity contribution in [3.8, 4) is 0 Å². The second-order valence-electron chi connectivity index (χ2n) is 8.49. The summed E-state index contributed by atoms with van der Waals surface area (Å²) >= 11 is 0. The summed E-state index contributed by atoms with van der Waals surface area (Å²) in [5.41, 5.74) is 4.48. The zero-order valence-electron chi connectivity index (χ0n) is 18.2. The number of aromatic amines is 1. The fraction of sp³-hybridized carbons (Fsp3) is 0.333. The van der Waals surface area contributed by atoms with Crippen LogP contribution in [0.2, 0.25) is 0 Å². The number of likely N-dealkylation sites (tertiary alicyclic amines) is 1. The summed E-state index contributed by atoms with van der Waals surface area (Å²) in [5, 5.41) is 13.4. The van der Waals surface area contributed by atoms with Gasteiger partial charge in [-0.25, -0.2) is 9.07 Å². The molecule has 7 nitrogen and oxygen atoms in total. The average molecular weight is 433 g/mol. The number of benzene rings is 2. The maximum absolute atomic E-state index is 13.3. The smallest absolute Gasteiger partial charge is 0.253 e. The number of rotatable bonds is 5. The quantitative estimate of drug-likeness (QED) is 0.522. The number of aromatic nitrogens is 5. The van der Waals surface area contributed by atoms with E-state index in [2.05, 4.69) is 31.5 Å². The molecule has 0 bridgehead atoms. The average Bonchev–Trinajstić information content (AvgIpc) is 3.47. The molecule has 1 saturated heterocycles. The van der Waals surface area contributed by atoms with Crippen LogP contribution in [0, 0.1) is 19.7 Å². The molecular weight excluding hydrogens is 407 g/mol. The monoisotopic (exact) mass is 432 g/mol. The molecule has 0 unspecified atom stereocenters. The third-order valence-corrected chi connectivity index (χ3v) is 6.43. The van der Waals surface area contributed by atoms with Crippen molar-refractivity contribution < 1.29 is 4.39 Å². The van der Waals surface area contributed by atoms with Gasteiger partial charge in [0.15, 0.2) is 5.82 Å². The van der Waals surface area contributed by atoms with Gasteiger partial charge >= 0.3 is 0 Å². The predicted octanol–water partition coefficient (Wildman–Crippen LogP) is 3.50. The van der Waals surface area contributed by atoms with Crippen LogP contribution < -0.4 is 5.56 Å². The van der Waals surface area contributed by atoms with Crippen LogP contribution in [0.5, 0.6) is 0 Å². The second-order valence-corrected chi connectivity index (χ2v) is 8.49. The molecule has 0 amide bonds. The van der Waals surface area contributed by atoms with E-state index in [4.69, 9.17) is 0 Å². The topological polar surface area (TPSA) is 79.7 Å². The van der Waals surface area contributed by atoms with Gasteiger partial charge in [0.1, 0.15) is 11.9 Å². The molecule has 0 aliphatic carbocycles. The third kappa shape index (κ3) is 3.71. The van der Waals surface area contributed by atoms with Crippen molar-refractivity contribution in [1.82, 2.24) is 30.1 Å². The van der Waals surface area contributed by atoms with Crippen molar-refractivity contribution in [3.05, 3.63) is 86.7 Å². The first-order valence-corrected chi connectivity index (χ1v) is 10.9. The molecule has 0 saturated carbocycles. The lowest BCUT2D eigenvalue weighted by atomic mass is 10.0. The molecule has 8 heteroatoms. The van der Waals surface area contributed by atoms with Gasteiger partial charge in [-0.3, -0.25) is 9.69 Å². The van der Waals surface area contributed by atoms with E-state index >= 15 is 0 Å². The fourth-order valence-electron chi connectivity index (χ4n) is 4.53. The molecule has 1 atom stereocenters. The number of hydrogen-bond acceptors (Lipinski definition) is 5. The predicted molar refractivity (Wildman–Crippen MR) is 120 cm³/mol. The Morgan fingerprint density at radius 3 is 2.59 bits per heavy atom. The Morgan fingerprint density at radius 1 is 1.09 bits per heavy atom. The van der Waals surface area contributed by atoms with E-state index in [1.807, 2.05) is 26.0 Å². The number of nitrogens with zero attached hydrogens (tertiary/aromatic N) is 5. The highest BCUT2D eigenvalue weighted by Crippen LogP contribution is 2.30. The Kier molecular flexibility index (Phi) is 5.30. The van der Waals surface area contributed by atoms with Crippen LogP contribution in [0.15, 0.2) is 47.3 Å². The lowest BCUT2D eigenvalue weighted by Gasteiger charge is -2.26. The summed E-state index contributed by atoms with van der Waals surface area (Å²) in [7, 11) is 0. The lowest BCUT2D eigenvalue weighted by molar-refractivity contribution is 0.263. The number of halogens is 1. The van der Waals surface area contributed by atoms with Crippen molar-refractivity contribution in [2.75, 3.05) is 13.1 Å². The Balaban J connectivity index is 1.62. The van der Waals surface area contributed by atoms with Crippen LogP contribution in [0.4, 0.5) is 4.39 Å². The van der Waals surface area contributed by atoms with Gasteiger partial charge in [0.25, 0.3) is 5.56 Å². The Morgan fingerprint density at radius 2 is 1.84 bits per heavy atom. The Hall–Kier alpha value is -3.39. The SMILES string of the molecule is Cc1ccc2cc([C@H](c3nnnn3Cc3ccc(F)cc3)N3CCCC3)c(=O)[nH]c2c1C. The standard InChI is InChI=1S/C24H25FN6O/c1-15-5-8-18-13-20(24(32)26-21(18)16(15)2)22(30-11-3-4-12-30)23-27-28-29-31(23)14-17-6-9-19(25)10-7-17/h5-10,13,22H,3-4,11-12,14H2,1-2H3,(H,26,32)/t22-/m1/s1. The fourth-order valence-corrected chi connectivity index (χ4v) is 4.53. The maximum atomic E-state index is 13.3. The van der Waals surface area contributed by atoms with Crippen molar-refractivity contribution in [3.63, 3.8) is 0 Å². The van der Waals surface area contributed by atoms with E-state index < -0.39 is 0 Å². The van der Waals surface area contributed by atoms with Crippen molar-refractivity contribution >= 4 is 10.9 Å². The minimum atomic E-state index is -0.359. The molecule has 1 aliphatic rings. The minimum Gasteiger partial charge on any atom is -0.321 e. The molecule has 164 valence electrons. The van der Waals surface area contributed by atoms with Gasteiger partial charge in [-0.05, 0) is 90.5 Å². The summed E-state index contributed by atoms with van der Waals surface area (Å²) in [5.74, 6) is 0.332. The van der Waals surface area contributed by atoms with Gasteiger partial charge in [0.2, 0.25) is 0 Å². The number of hydrogen-bond donors (Lipinski definition) is 1. The molecule has 1 aliphatic heterocycles. The first-order chi connectivity index (χ1) is 15.5. The summed E-state index contributed by atoms with van der Waals surface area (Å²) in [6, 6.07) is 12.0. The Bertz CT molecular complexity index is 1320. The highest BCUT2D eigenvalue weighted by molar-refractivity contribution is 5.83. The largest absolute Gasteiger partial charge is 0.321 e. The minimum absolute atomic E-state index is 0.126. The molecule has 4 aromatic rings. The van der Waals surface area contributed by atoms with Gasteiger partial charge in [-0.2, -0.15) is 0 Å². The number of nitrogens with one attached hydrogen (secondary N) is 1. The normalized spacial score (nSPS) is 15.5. The number of tetrazole rings is 1. The summed E-state index contributed by atoms with van der Waals surface area (Å²) in [6.45, 7) is 6.21. The van der Waals surface area contributed by atoms with Gasteiger partial charge in [-0.1, -0.05) is 24.3 Å². The van der Waals surface area contributed by atoms with E-state index in [1.54, 1.807) is 16.8 Å². The molecule has 0 spiro atoms. The summed E-state index contributed by atoms with van der Waals surface area (Å²) in [4.78, 5) is 18.7. The van der Waals surface area contributed by atoms with E-state index in [0.29, 0.717) is 17.9 Å². The zero-order chi connectivity index (χ0) is 22.2. The van der Waals surface area contributed by atoms with E-state index in [0.717, 1.165) is 53.5 Å². The third-order valence-electron chi connectivity index (χ3n) is 6.43. The van der Waals surface area contributed by atoms with Crippen LogP contribution in [0.3, 0.4) is 0 Å². The molecule has 2 aromatic heterocycles. The number of pyridine rings is 1. The molecular formula is C24H25FN6O. The molecule has 0 radical (unpaired) electrons. The lowest BCUT2D eigenvalue weighted by Crippen LogP contribution is -2.33. The second kappa shape index (κ2) is 8.27. The van der Waals surface area contributed by atoms with Crippen molar-refractivity contribution in [2.24, 2.45) is 0 Å². The molecule has 3 heterocycles. The Labute approximate surface area is 184 Å². The van der Waals surface area contributed by atoms with Crippen LogP contribution in [-0.4, -0.2) is 43.2 Å². The maximum Gasteiger partial charge on any atom is 0.253 e. The molecule has 5 rings (SSSR count). The molecule has 32 heavy (non-hydrogen) atoms. The zero-order valence-corrected chi connectivity index (χ0v) is 18.2. The first-order valence-electron chi connectivity index (χ1n) is 10.9. The van der Waals surface area contributed by atoms with Gasteiger partial charge in [0.05, 0.1) is 12.1 Å². The highest BCUT2D eigenvalue weighted by Gasteiger charge is 2.32. The van der Waals surface area contributed by atoms with Crippen LogP contribution in [-0.2, 0) is 6.54 Å². The molecule has 1 N–H and O–H groups in total. The van der Waals surface area contributed by atoms with E-state index in [9.17, 15) is 9.18 Å². The first kappa shape index (κ1) is 20.5. The number of fused-ring (bicyclic) bond motifs is 1. The van der Waals surface area contributed by atoms with Crippen molar-refractivity contribution in [1.29, 1.82) is 0 Å². The van der Waals surface area contributed by atoms with Gasteiger partial charge in [-0.15, -0.1) is 5.10 Å². The van der Waals surface area contributed by atoms with Crippen LogP contribution in [0.25, 0.3) is 10.9 Å². The van der Waals surface area contributed by atoms with Crippen LogP contribution >= 0.6 is 0 Å². The van der Waals surface area contributed by atoms with E-state index in [-0.39, 0.29) is 17.4 Å². The van der Waals surface area contributed by atoms with Gasteiger partial charge in [0, 0.05) is 5.56 Å². The van der Waals surface area contributed by atoms with Crippen LogP contribution in [0.1, 0.15) is 47.0 Å². The van der Waals surface area contributed by atoms with E-state index in [1.165, 1.54) is 12.1 Å². The summed E-state index contributed by atoms with van der Waals surface area (Å²) in [6.07, 6.45) is 2.14. The highest BCUT2D eigenvalue weighted by atomic mass is 19.1.